The molecule has 0 unspecified atom stereocenters. The highest BCUT2D eigenvalue weighted by molar-refractivity contribution is 7.92. The molecular formula is C12H20N2O3S. The predicted octanol–water partition coefficient (Wildman–Crippen LogP) is 1.41. The number of aryl methyl sites for hydroxylation is 1. The third kappa shape index (κ3) is 2.93. The average Bonchev–Trinajstić information content (AvgIpc) is 2.29. The zero-order valence-corrected chi connectivity index (χ0v) is 11.8. The lowest BCUT2D eigenvalue weighted by Crippen LogP contribution is -2.29. The van der Waals surface area contributed by atoms with Crippen molar-refractivity contribution in [1.82, 2.24) is 4.57 Å². The molecule has 18 heavy (non-hydrogen) atoms. The second kappa shape index (κ2) is 5.56. The van der Waals surface area contributed by atoms with Gasteiger partial charge >= 0.3 is 0 Å². The number of unbranched alkanes of at least 4 members (excludes halogenated alkanes) is 1. The number of rotatable bonds is 5. The van der Waals surface area contributed by atoms with Crippen molar-refractivity contribution in [1.29, 1.82) is 0 Å². The molecule has 1 aromatic rings. The highest BCUT2D eigenvalue weighted by Crippen LogP contribution is 2.14. The highest BCUT2D eigenvalue weighted by Gasteiger charge is 2.24. The molecule has 0 aliphatic rings. The van der Waals surface area contributed by atoms with Gasteiger partial charge in [-0.3, -0.25) is 4.79 Å². The topological polar surface area (TPSA) is 82.2 Å². The van der Waals surface area contributed by atoms with Gasteiger partial charge in [-0.2, -0.15) is 0 Å². The summed E-state index contributed by atoms with van der Waals surface area (Å²) in [5, 5.41) is -0.633. The molecule has 0 atom stereocenters. The first kappa shape index (κ1) is 14.8. The third-order valence-electron chi connectivity index (χ3n) is 2.75. The molecule has 0 fully saturated rings. The minimum absolute atomic E-state index is 0.200. The fourth-order valence-corrected chi connectivity index (χ4v) is 2.75. The van der Waals surface area contributed by atoms with E-state index in [1.54, 1.807) is 13.8 Å². The Kier molecular flexibility index (Phi) is 4.56. The molecule has 0 saturated carbocycles. The third-order valence-corrected chi connectivity index (χ3v) is 4.90. The number of nitrogens with two attached hydrogens (primary N) is 1. The number of hydrogen-bond donors (Lipinski definition) is 1. The summed E-state index contributed by atoms with van der Waals surface area (Å²) in [6, 6.07) is 1.25. The van der Waals surface area contributed by atoms with Crippen LogP contribution < -0.4 is 11.3 Å². The van der Waals surface area contributed by atoms with E-state index in [2.05, 4.69) is 0 Å². The Hall–Kier alpha value is -1.30. The van der Waals surface area contributed by atoms with E-state index in [9.17, 15) is 13.2 Å². The van der Waals surface area contributed by atoms with Crippen LogP contribution in [-0.2, 0) is 16.4 Å². The fourth-order valence-electron chi connectivity index (χ4n) is 1.58. The van der Waals surface area contributed by atoms with Gasteiger partial charge in [0, 0.05) is 18.4 Å². The number of hydrogen-bond acceptors (Lipinski definition) is 4. The number of aromatic nitrogens is 1. The number of pyridine rings is 1. The van der Waals surface area contributed by atoms with Gasteiger partial charge in [0.25, 0.3) is 5.56 Å². The Labute approximate surface area is 108 Å². The second-order valence-electron chi connectivity index (χ2n) is 4.58. The maximum Gasteiger partial charge on any atom is 0.269 e. The molecule has 5 nitrogen and oxygen atoms in total. The van der Waals surface area contributed by atoms with Crippen LogP contribution in [0.4, 0.5) is 5.69 Å². The molecule has 1 rings (SSSR count). The van der Waals surface area contributed by atoms with Crippen molar-refractivity contribution < 1.29 is 8.42 Å². The van der Waals surface area contributed by atoms with Gasteiger partial charge in [0.2, 0.25) is 0 Å². The Morgan fingerprint density at radius 2 is 2.00 bits per heavy atom. The number of sulfone groups is 1. The summed E-state index contributed by atoms with van der Waals surface area (Å²) >= 11 is 0. The normalized spacial score (nSPS) is 12.0. The maximum absolute atomic E-state index is 12.1. The summed E-state index contributed by atoms with van der Waals surface area (Å²) in [5.74, 6) is 0. The van der Waals surface area contributed by atoms with Crippen LogP contribution in [0.25, 0.3) is 0 Å². The monoisotopic (exact) mass is 272 g/mol. The Balaban J connectivity index is 3.39. The Bertz CT molecular complexity index is 573. The van der Waals surface area contributed by atoms with E-state index >= 15 is 0 Å². The van der Waals surface area contributed by atoms with Crippen molar-refractivity contribution in [2.45, 2.75) is 50.3 Å². The van der Waals surface area contributed by atoms with Crippen LogP contribution in [-0.4, -0.2) is 18.2 Å². The number of nitrogens with zero attached hydrogens (tertiary/aromatic N) is 1. The van der Waals surface area contributed by atoms with Crippen molar-refractivity contribution >= 4 is 15.5 Å². The maximum atomic E-state index is 12.1. The van der Waals surface area contributed by atoms with Gasteiger partial charge in [-0.15, -0.1) is 0 Å². The molecule has 0 aliphatic carbocycles. The molecule has 0 saturated heterocycles. The van der Waals surface area contributed by atoms with E-state index in [0.717, 1.165) is 12.8 Å². The molecule has 0 amide bonds. The first-order valence-electron chi connectivity index (χ1n) is 6.04. The summed E-state index contributed by atoms with van der Waals surface area (Å²) in [6.45, 7) is 5.59. The molecule has 0 aliphatic heterocycles. The zero-order valence-electron chi connectivity index (χ0n) is 11.0. The number of anilines is 1. The van der Waals surface area contributed by atoms with Gasteiger partial charge in [0.05, 0.1) is 5.25 Å². The van der Waals surface area contributed by atoms with Crippen LogP contribution in [0.5, 0.6) is 0 Å². The fraction of sp³-hybridized carbons (Fsp3) is 0.583. The van der Waals surface area contributed by atoms with E-state index in [0.29, 0.717) is 12.2 Å². The highest BCUT2D eigenvalue weighted by atomic mass is 32.2. The van der Waals surface area contributed by atoms with Crippen molar-refractivity contribution in [3.8, 4) is 0 Å². The summed E-state index contributed by atoms with van der Waals surface area (Å²) in [7, 11) is -3.59. The summed E-state index contributed by atoms with van der Waals surface area (Å²) in [4.78, 5) is 11.9. The van der Waals surface area contributed by atoms with Crippen molar-refractivity contribution in [2.24, 2.45) is 0 Å². The quantitative estimate of drug-likeness (QED) is 0.878. The summed E-state index contributed by atoms with van der Waals surface area (Å²) < 4.78 is 25.5. The van der Waals surface area contributed by atoms with Gasteiger partial charge in [-0.25, -0.2) is 8.42 Å². The van der Waals surface area contributed by atoms with Crippen LogP contribution >= 0.6 is 0 Å². The van der Waals surface area contributed by atoms with E-state index < -0.39 is 20.6 Å². The van der Waals surface area contributed by atoms with Crippen LogP contribution in [0.3, 0.4) is 0 Å². The van der Waals surface area contributed by atoms with Crippen LogP contribution in [0.2, 0.25) is 0 Å². The second-order valence-corrected chi connectivity index (χ2v) is 7.06. The molecule has 1 aromatic heterocycles. The van der Waals surface area contributed by atoms with Crippen molar-refractivity contribution in [3.63, 3.8) is 0 Å². The Morgan fingerprint density at radius 1 is 1.39 bits per heavy atom. The van der Waals surface area contributed by atoms with E-state index in [1.807, 2.05) is 6.92 Å². The first-order chi connectivity index (χ1) is 8.30. The van der Waals surface area contributed by atoms with Gasteiger partial charge in [-0.05, 0) is 26.3 Å². The minimum atomic E-state index is -3.59. The van der Waals surface area contributed by atoms with Crippen LogP contribution in [0.15, 0.2) is 22.0 Å². The molecular weight excluding hydrogens is 252 g/mol. The van der Waals surface area contributed by atoms with E-state index in [1.165, 1.54) is 16.8 Å². The molecule has 2 N–H and O–H groups in total. The van der Waals surface area contributed by atoms with Gasteiger partial charge < -0.3 is 10.3 Å². The van der Waals surface area contributed by atoms with Gasteiger partial charge in [-0.1, -0.05) is 13.3 Å². The molecule has 0 aromatic carbocycles. The lowest BCUT2D eigenvalue weighted by molar-refractivity contribution is 0.575. The van der Waals surface area contributed by atoms with Crippen LogP contribution in [0.1, 0.15) is 33.6 Å². The molecule has 0 bridgehead atoms. The van der Waals surface area contributed by atoms with E-state index in [-0.39, 0.29) is 4.90 Å². The standard InChI is InChI=1S/C12H20N2O3S/c1-4-5-6-14-8-10(13)7-11(12(14)15)18(16,17)9(2)3/h7-9H,4-6,13H2,1-3H3. The average molecular weight is 272 g/mol. The SMILES string of the molecule is CCCCn1cc(N)cc(S(=O)(=O)C(C)C)c1=O. The van der Waals surface area contributed by atoms with E-state index in [4.69, 9.17) is 5.73 Å². The van der Waals surface area contributed by atoms with Crippen LogP contribution in [0, 0.1) is 0 Å². The Morgan fingerprint density at radius 3 is 2.50 bits per heavy atom. The van der Waals surface area contributed by atoms with Gasteiger partial charge in [0.1, 0.15) is 4.90 Å². The molecule has 0 spiro atoms. The smallest absolute Gasteiger partial charge is 0.269 e. The largest absolute Gasteiger partial charge is 0.398 e. The summed E-state index contributed by atoms with van der Waals surface area (Å²) in [6.07, 6.45) is 3.23. The van der Waals surface area contributed by atoms with Gasteiger partial charge in [0.15, 0.2) is 9.84 Å². The first-order valence-corrected chi connectivity index (χ1v) is 7.59. The van der Waals surface area contributed by atoms with Crippen molar-refractivity contribution in [3.05, 3.63) is 22.6 Å². The predicted molar refractivity (Wildman–Crippen MR) is 72.3 cm³/mol. The zero-order chi connectivity index (χ0) is 13.9. The van der Waals surface area contributed by atoms with Crippen molar-refractivity contribution in [2.75, 3.05) is 5.73 Å². The molecule has 6 heteroatoms. The summed E-state index contributed by atoms with van der Waals surface area (Å²) in [5.41, 5.74) is 5.49. The molecule has 1 heterocycles. The minimum Gasteiger partial charge on any atom is -0.398 e. The molecule has 102 valence electrons. The lowest BCUT2D eigenvalue weighted by atomic mass is 10.3. The number of nitrogen functional groups attached to an aromatic ring is 1. The molecule has 0 radical (unpaired) electrons. The lowest BCUT2D eigenvalue weighted by Gasteiger charge is -2.11.